The molecule has 8 heteroatoms. The van der Waals surface area contributed by atoms with Gasteiger partial charge in [-0.05, 0) is 31.7 Å². The third kappa shape index (κ3) is 2.96. The molecule has 2 aromatic heterocycles. The molecule has 0 radical (unpaired) electrons. The van der Waals surface area contributed by atoms with E-state index in [2.05, 4.69) is 27.5 Å². The van der Waals surface area contributed by atoms with Crippen molar-refractivity contribution >= 4 is 11.8 Å². The van der Waals surface area contributed by atoms with Crippen molar-refractivity contribution in [3.05, 3.63) is 21.7 Å². The van der Waals surface area contributed by atoms with Crippen LogP contribution >= 0.6 is 11.8 Å². The molecular formula is C12H20N6OS. The Labute approximate surface area is 121 Å². The van der Waals surface area contributed by atoms with Gasteiger partial charge in [0.15, 0.2) is 5.16 Å². The second kappa shape index (κ2) is 6.27. The van der Waals surface area contributed by atoms with Gasteiger partial charge in [-0.25, -0.2) is 9.89 Å². The minimum atomic E-state index is -0.211. The lowest BCUT2D eigenvalue weighted by molar-refractivity contribution is 0.651. The van der Waals surface area contributed by atoms with E-state index in [-0.39, 0.29) is 5.69 Å². The Balaban J connectivity index is 2.26. The molecule has 7 nitrogen and oxygen atoms in total. The van der Waals surface area contributed by atoms with Crippen LogP contribution in [0.1, 0.15) is 24.6 Å². The maximum atomic E-state index is 11.4. The highest BCUT2D eigenvalue weighted by Crippen LogP contribution is 2.29. The highest BCUT2D eigenvalue weighted by atomic mass is 32.2. The van der Waals surface area contributed by atoms with E-state index in [9.17, 15) is 4.79 Å². The Hall–Kier alpha value is -1.54. The number of rotatable bonds is 6. The van der Waals surface area contributed by atoms with Gasteiger partial charge in [-0.15, -0.1) is 5.10 Å². The maximum absolute atomic E-state index is 11.4. The predicted octanol–water partition coefficient (Wildman–Crippen LogP) is 0.801. The van der Waals surface area contributed by atoms with Crippen molar-refractivity contribution in [3.63, 3.8) is 0 Å². The summed E-state index contributed by atoms with van der Waals surface area (Å²) in [6.07, 6.45) is 1.09. The molecule has 0 atom stereocenters. The number of aromatic amines is 1. The third-order valence-electron chi connectivity index (χ3n) is 3.04. The smallest absolute Gasteiger partial charge is 0.313 e. The van der Waals surface area contributed by atoms with Crippen molar-refractivity contribution in [2.24, 2.45) is 14.1 Å². The molecule has 2 N–H and O–H groups in total. The topological polar surface area (TPSA) is 80.5 Å². The van der Waals surface area contributed by atoms with E-state index >= 15 is 0 Å². The molecule has 2 aromatic rings. The Bertz CT molecular complexity index is 641. The Kier molecular flexibility index (Phi) is 4.66. The summed E-state index contributed by atoms with van der Waals surface area (Å²) in [5, 5.41) is 16.0. The van der Waals surface area contributed by atoms with Crippen LogP contribution < -0.4 is 11.0 Å². The second-order valence-corrected chi connectivity index (χ2v) is 5.60. The van der Waals surface area contributed by atoms with Crippen LogP contribution in [0, 0.1) is 6.92 Å². The Morgan fingerprint density at radius 1 is 1.40 bits per heavy atom. The molecule has 2 rings (SSSR count). The summed E-state index contributed by atoms with van der Waals surface area (Å²) in [4.78, 5) is 11.4. The first-order chi connectivity index (χ1) is 9.54. The summed E-state index contributed by atoms with van der Waals surface area (Å²) in [6.45, 7) is 5.88. The highest BCUT2D eigenvalue weighted by Gasteiger charge is 2.17. The molecule has 0 bridgehead atoms. The van der Waals surface area contributed by atoms with Crippen LogP contribution in [0.5, 0.6) is 0 Å². The number of aromatic nitrogens is 5. The summed E-state index contributed by atoms with van der Waals surface area (Å²) >= 11 is 1.45. The summed E-state index contributed by atoms with van der Waals surface area (Å²) in [5.74, 6) is 0. The summed E-state index contributed by atoms with van der Waals surface area (Å²) in [6, 6.07) is 0. The minimum absolute atomic E-state index is 0.211. The molecule has 0 saturated heterocycles. The van der Waals surface area contributed by atoms with E-state index in [0.29, 0.717) is 5.16 Å². The van der Waals surface area contributed by atoms with Gasteiger partial charge >= 0.3 is 5.69 Å². The zero-order valence-electron chi connectivity index (χ0n) is 12.2. The van der Waals surface area contributed by atoms with E-state index in [4.69, 9.17) is 0 Å². The van der Waals surface area contributed by atoms with Crippen molar-refractivity contribution < 1.29 is 0 Å². The van der Waals surface area contributed by atoms with Gasteiger partial charge in [0, 0.05) is 26.2 Å². The molecule has 2 heterocycles. The van der Waals surface area contributed by atoms with Crippen molar-refractivity contribution in [1.82, 2.24) is 29.9 Å². The lowest BCUT2D eigenvalue weighted by atomic mass is 10.2. The number of hydrogen-bond acceptors (Lipinski definition) is 5. The average molecular weight is 296 g/mol. The number of nitrogens with one attached hydrogen (secondary N) is 2. The highest BCUT2D eigenvalue weighted by molar-refractivity contribution is 7.99. The molecule has 110 valence electrons. The minimum Gasteiger partial charge on any atom is -0.313 e. The second-order valence-electron chi connectivity index (χ2n) is 4.64. The van der Waals surface area contributed by atoms with Gasteiger partial charge < -0.3 is 5.32 Å². The van der Waals surface area contributed by atoms with Crippen molar-refractivity contribution in [2.45, 2.75) is 37.0 Å². The van der Waals surface area contributed by atoms with E-state index < -0.39 is 0 Å². The van der Waals surface area contributed by atoms with Crippen LogP contribution in [-0.4, -0.2) is 31.1 Å². The summed E-state index contributed by atoms with van der Waals surface area (Å²) < 4.78 is 3.33. The zero-order valence-corrected chi connectivity index (χ0v) is 13.0. The van der Waals surface area contributed by atoms with Crippen LogP contribution in [0.4, 0.5) is 0 Å². The quantitative estimate of drug-likeness (QED) is 0.771. The van der Waals surface area contributed by atoms with E-state index in [1.54, 1.807) is 7.05 Å². The van der Waals surface area contributed by atoms with Gasteiger partial charge in [0.2, 0.25) is 0 Å². The van der Waals surface area contributed by atoms with Gasteiger partial charge in [0.25, 0.3) is 0 Å². The van der Waals surface area contributed by atoms with Gasteiger partial charge in [-0.3, -0.25) is 9.25 Å². The standard InChI is InChI=1S/C12H20N6OS/c1-5-6-13-7-9-8(2)16-18(4)10(9)20-12-15-14-11(19)17(12)3/h13H,5-7H2,1-4H3,(H,14,19). The Morgan fingerprint density at radius 2 is 2.15 bits per heavy atom. The molecule has 0 aliphatic rings. The van der Waals surface area contributed by atoms with Crippen LogP contribution in [-0.2, 0) is 20.6 Å². The van der Waals surface area contributed by atoms with Gasteiger partial charge in [0.05, 0.1) is 5.69 Å². The lowest BCUT2D eigenvalue weighted by Crippen LogP contribution is -2.15. The fourth-order valence-electron chi connectivity index (χ4n) is 1.91. The van der Waals surface area contributed by atoms with E-state index in [0.717, 1.165) is 35.8 Å². The number of aryl methyl sites for hydroxylation is 2. The summed E-state index contributed by atoms with van der Waals surface area (Å²) in [5.41, 5.74) is 1.94. The first-order valence-corrected chi connectivity index (χ1v) is 7.38. The van der Waals surface area contributed by atoms with Crippen LogP contribution in [0.25, 0.3) is 0 Å². The van der Waals surface area contributed by atoms with E-state index in [1.807, 2.05) is 18.7 Å². The molecule has 0 unspecified atom stereocenters. The predicted molar refractivity (Wildman–Crippen MR) is 77.9 cm³/mol. The van der Waals surface area contributed by atoms with Crippen LogP contribution in [0.2, 0.25) is 0 Å². The molecule has 0 aromatic carbocycles. The normalized spacial score (nSPS) is 11.2. The first kappa shape index (κ1) is 14.9. The van der Waals surface area contributed by atoms with Gasteiger partial charge in [-0.2, -0.15) is 5.10 Å². The van der Waals surface area contributed by atoms with Crippen molar-refractivity contribution in [3.8, 4) is 0 Å². The summed E-state index contributed by atoms with van der Waals surface area (Å²) in [7, 11) is 3.61. The SMILES string of the molecule is CCCNCc1c(C)nn(C)c1Sc1n[nH]c(=O)n1C. The van der Waals surface area contributed by atoms with Crippen molar-refractivity contribution in [1.29, 1.82) is 0 Å². The monoisotopic (exact) mass is 296 g/mol. The molecular weight excluding hydrogens is 276 g/mol. The lowest BCUT2D eigenvalue weighted by Gasteiger charge is -2.06. The number of nitrogens with zero attached hydrogens (tertiary/aromatic N) is 4. The fraction of sp³-hybridized carbons (Fsp3) is 0.583. The third-order valence-corrected chi connectivity index (χ3v) is 4.30. The molecule has 0 saturated carbocycles. The van der Waals surface area contributed by atoms with Gasteiger partial charge in [0.1, 0.15) is 5.03 Å². The van der Waals surface area contributed by atoms with Crippen molar-refractivity contribution in [2.75, 3.05) is 6.54 Å². The Morgan fingerprint density at radius 3 is 2.75 bits per heavy atom. The van der Waals surface area contributed by atoms with E-state index in [1.165, 1.54) is 16.3 Å². The van der Waals surface area contributed by atoms with Crippen LogP contribution in [0.3, 0.4) is 0 Å². The largest absolute Gasteiger partial charge is 0.343 e. The number of hydrogen-bond donors (Lipinski definition) is 2. The molecule has 0 aliphatic carbocycles. The molecule has 0 aliphatic heterocycles. The maximum Gasteiger partial charge on any atom is 0.343 e. The molecule has 0 amide bonds. The average Bonchev–Trinajstić information content (AvgIpc) is 2.86. The molecule has 0 spiro atoms. The number of H-pyrrole nitrogens is 1. The molecule has 20 heavy (non-hydrogen) atoms. The molecule has 0 fully saturated rings. The van der Waals surface area contributed by atoms with Gasteiger partial charge in [-0.1, -0.05) is 6.92 Å². The van der Waals surface area contributed by atoms with Crippen LogP contribution in [0.15, 0.2) is 15.0 Å². The zero-order chi connectivity index (χ0) is 14.7. The fourth-order valence-corrected chi connectivity index (χ4v) is 2.91. The first-order valence-electron chi connectivity index (χ1n) is 6.57.